The van der Waals surface area contributed by atoms with Gasteiger partial charge in [-0.15, -0.1) is 0 Å². The van der Waals surface area contributed by atoms with Gasteiger partial charge in [-0.1, -0.05) is 12.1 Å². The maximum Gasteiger partial charge on any atom is 0.245 e. The fourth-order valence-electron chi connectivity index (χ4n) is 2.34. The third-order valence-corrected chi connectivity index (χ3v) is 3.62. The zero-order chi connectivity index (χ0) is 15.9. The lowest BCUT2D eigenvalue weighted by atomic mass is 10.1. The lowest BCUT2D eigenvalue weighted by Gasteiger charge is -2.29. The molecule has 5 nitrogen and oxygen atoms in total. The van der Waals surface area contributed by atoms with Crippen LogP contribution in [-0.2, 0) is 20.7 Å². The van der Waals surface area contributed by atoms with E-state index in [1.165, 1.54) is 12.1 Å². The SMILES string of the molecule is C[C@@H](NC(=O)CCc1ccc(F)cc1)C(=O)N1CCOCC1. The van der Waals surface area contributed by atoms with Crippen LogP contribution in [0.2, 0.25) is 0 Å². The molecule has 6 heteroatoms. The largest absolute Gasteiger partial charge is 0.378 e. The lowest BCUT2D eigenvalue weighted by molar-refractivity contribution is -0.139. The molecule has 1 fully saturated rings. The van der Waals surface area contributed by atoms with Crippen LogP contribution in [-0.4, -0.2) is 49.1 Å². The zero-order valence-electron chi connectivity index (χ0n) is 12.7. The topological polar surface area (TPSA) is 58.6 Å². The van der Waals surface area contributed by atoms with E-state index in [1.54, 1.807) is 24.0 Å². The minimum Gasteiger partial charge on any atom is -0.378 e. The summed E-state index contributed by atoms with van der Waals surface area (Å²) in [5.74, 6) is -0.560. The van der Waals surface area contributed by atoms with E-state index in [1.807, 2.05) is 0 Å². The first-order valence-electron chi connectivity index (χ1n) is 7.46. The Labute approximate surface area is 129 Å². The standard InChI is InChI=1S/C16H21FN2O3/c1-12(16(21)19-8-10-22-11-9-19)18-15(20)7-4-13-2-5-14(17)6-3-13/h2-3,5-6,12H,4,7-11H2,1H3,(H,18,20)/t12-/m1/s1. The molecule has 0 aliphatic carbocycles. The number of nitrogens with zero attached hydrogens (tertiary/aromatic N) is 1. The Morgan fingerprint density at radius 3 is 2.55 bits per heavy atom. The Kier molecular flexibility index (Phi) is 5.89. The van der Waals surface area contributed by atoms with Crippen molar-refractivity contribution in [3.8, 4) is 0 Å². The molecule has 0 saturated carbocycles. The second-order valence-electron chi connectivity index (χ2n) is 5.35. The summed E-state index contributed by atoms with van der Waals surface area (Å²) in [7, 11) is 0. The van der Waals surface area contributed by atoms with E-state index in [2.05, 4.69) is 5.32 Å². The predicted octanol–water partition coefficient (Wildman–Crippen LogP) is 1.12. The Morgan fingerprint density at radius 1 is 1.27 bits per heavy atom. The fraction of sp³-hybridized carbons (Fsp3) is 0.500. The zero-order valence-corrected chi connectivity index (χ0v) is 12.7. The molecule has 2 rings (SSSR count). The molecule has 1 aliphatic heterocycles. The summed E-state index contributed by atoms with van der Waals surface area (Å²) >= 11 is 0. The highest BCUT2D eigenvalue weighted by Crippen LogP contribution is 2.06. The van der Waals surface area contributed by atoms with Crippen molar-refractivity contribution in [2.45, 2.75) is 25.8 Å². The molecule has 0 bridgehead atoms. The summed E-state index contributed by atoms with van der Waals surface area (Å²) in [4.78, 5) is 25.8. The summed E-state index contributed by atoms with van der Waals surface area (Å²) in [6, 6.07) is 5.52. The Hall–Kier alpha value is -1.95. The number of hydrogen-bond acceptors (Lipinski definition) is 3. The molecule has 1 aliphatic rings. The summed E-state index contributed by atoms with van der Waals surface area (Å²) in [6.07, 6.45) is 0.789. The van der Waals surface area contributed by atoms with E-state index < -0.39 is 6.04 Å². The highest BCUT2D eigenvalue weighted by molar-refractivity contribution is 5.87. The van der Waals surface area contributed by atoms with Crippen LogP contribution in [0.1, 0.15) is 18.9 Å². The van der Waals surface area contributed by atoms with Crippen LogP contribution in [0.15, 0.2) is 24.3 Å². The van der Waals surface area contributed by atoms with Gasteiger partial charge in [0.25, 0.3) is 0 Å². The first-order chi connectivity index (χ1) is 10.6. The van der Waals surface area contributed by atoms with Crippen molar-refractivity contribution >= 4 is 11.8 Å². The Morgan fingerprint density at radius 2 is 1.91 bits per heavy atom. The third kappa shape index (κ3) is 4.80. The number of amides is 2. The van der Waals surface area contributed by atoms with Crippen LogP contribution in [0.4, 0.5) is 4.39 Å². The molecular formula is C16H21FN2O3. The molecule has 2 amide bonds. The van der Waals surface area contributed by atoms with Gasteiger partial charge in [-0.05, 0) is 31.0 Å². The van der Waals surface area contributed by atoms with Crippen LogP contribution in [0.5, 0.6) is 0 Å². The van der Waals surface area contributed by atoms with Crippen molar-refractivity contribution in [1.29, 1.82) is 0 Å². The van der Waals surface area contributed by atoms with E-state index in [0.29, 0.717) is 32.7 Å². The number of carbonyl (C=O) groups excluding carboxylic acids is 2. The van der Waals surface area contributed by atoms with Gasteiger partial charge in [0.15, 0.2) is 0 Å². The number of halogens is 1. The smallest absolute Gasteiger partial charge is 0.245 e. The first kappa shape index (κ1) is 16.4. The Balaban J connectivity index is 1.75. The van der Waals surface area contributed by atoms with Crippen molar-refractivity contribution in [2.75, 3.05) is 26.3 Å². The van der Waals surface area contributed by atoms with Crippen LogP contribution in [0.25, 0.3) is 0 Å². The average molecular weight is 308 g/mol. The minimum absolute atomic E-state index is 0.0848. The maximum absolute atomic E-state index is 12.8. The molecule has 1 aromatic carbocycles. The van der Waals surface area contributed by atoms with Gasteiger partial charge in [0, 0.05) is 19.5 Å². The maximum atomic E-state index is 12.8. The van der Waals surface area contributed by atoms with E-state index in [0.717, 1.165) is 5.56 Å². The summed E-state index contributed by atoms with van der Waals surface area (Å²) in [6.45, 7) is 3.89. The van der Waals surface area contributed by atoms with E-state index in [4.69, 9.17) is 4.74 Å². The van der Waals surface area contributed by atoms with Gasteiger partial charge in [0.05, 0.1) is 13.2 Å². The van der Waals surface area contributed by atoms with Gasteiger partial charge in [0.2, 0.25) is 11.8 Å². The second kappa shape index (κ2) is 7.89. The van der Waals surface area contributed by atoms with Crippen LogP contribution >= 0.6 is 0 Å². The number of rotatable bonds is 5. The first-order valence-corrected chi connectivity index (χ1v) is 7.46. The normalized spacial score (nSPS) is 16.2. The van der Waals surface area contributed by atoms with Gasteiger partial charge >= 0.3 is 0 Å². The van der Waals surface area contributed by atoms with Crippen molar-refractivity contribution in [1.82, 2.24) is 10.2 Å². The minimum atomic E-state index is -0.543. The second-order valence-corrected chi connectivity index (χ2v) is 5.35. The van der Waals surface area contributed by atoms with Gasteiger partial charge in [-0.2, -0.15) is 0 Å². The summed E-state index contributed by atoms with van der Waals surface area (Å²) in [5.41, 5.74) is 0.892. The molecule has 1 saturated heterocycles. The number of morpholine rings is 1. The van der Waals surface area contributed by atoms with E-state index >= 15 is 0 Å². The van der Waals surface area contributed by atoms with Gasteiger partial charge in [0.1, 0.15) is 11.9 Å². The van der Waals surface area contributed by atoms with E-state index in [9.17, 15) is 14.0 Å². The molecule has 0 aromatic heterocycles. The number of ether oxygens (including phenoxy) is 1. The lowest BCUT2D eigenvalue weighted by Crippen LogP contribution is -2.50. The number of benzene rings is 1. The Bertz CT molecular complexity index is 513. The van der Waals surface area contributed by atoms with E-state index in [-0.39, 0.29) is 24.1 Å². The number of carbonyl (C=O) groups is 2. The quantitative estimate of drug-likeness (QED) is 0.887. The molecular weight excluding hydrogens is 287 g/mol. The van der Waals surface area contributed by atoms with Crippen molar-refractivity contribution in [3.63, 3.8) is 0 Å². The monoisotopic (exact) mass is 308 g/mol. The van der Waals surface area contributed by atoms with Crippen molar-refractivity contribution in [2.24, 2.45) is 0 Å². The van der Waals surface area contributed by atoms with Crippen molar-refractivity contribution < 1.29 is 18.7 Å². The number of nitrogens with one attached hydrogen (secondary N) is 1. The number of aryl methyl sites for hydroxylation is 1. The van der Waals surface area contributed by atoms with Crippen LogP contribution in [0.3, 0.4) is 0 Å². The van der Waals surface area contributed by atoms with Crippen LogP contribution < -0.4 is 5.32 Å². The molecule has 1 heterocycles. The molecule has 1 atom stereocenters. The third-order valence-electron chi connectivity index (χ3n) is 3.62. The molecule has 1 aromatic rings. The van der Waals surface area contributed by atoms with Gasteiger partial charge in [-0.3, -0.25) is 9.59 Å². The molecule has 120 valence electrons. The molecule has 0 radical (unpaired) electrons. The molecule has 0 unspecified atom stereocenters. The summed E-state index contributed by atoms with van der Waals surface area (Å²) in [5, 5.41) is 2.71. The van der Waals surface area contributed by atoms with Gasteiger partial charge < -0.3 is 15.0 Å². The molecule has 0 spiro atoms. The average Bonchev–Trinajstić information content (AvgIpc) is 2.54. The highest BCUT2D eigenvalue weighted by atomic mass is 19.1. The van der Waals surface area contributed by atoms with Crippen LogP contribution in [0, 0.1) is 5.82 Å². The highest BCUT2D eigenvalue weighted by Gasteiger charge is 2.23. The van der Waals surface area contributed by atoms with Crippen molar-refractivity contribution in [3.05, 3.63) is 35.6 Å². The predicted molar refractivity (Wildman–Crippen MR) is 79.7 cm³/mol. The fourth-order valence-corrected chi connectivity index (χ4v) is 2.34. The number of hydrogen-bond donors (Lipinski definition) is 1. The van der Waals surface area contributed by atoms with Gasteiger partial charge in [-0.25, -0.2) is 4.39 Å². The molecule has 22 heavy (non-hydrogen) atoms. The molecule has 1 N–H and O–H groups in total. The summed E-state index contributed by atoms with van der Waals surface area (Å²) < 4.78 is 18.0.